The number of hydrogen-bond donors (Lipinski definition) is 1. The minimum absolute atomic E-state index is 0.0000260. The van der Waals surface area contributed by atoms with Crippen molar-refractivity contribution in [3.05, 3.63) is 53.9 Å². The number of aryl methyl sites for hydroxylation is 1. The summed E-state index contributed by atoms with van der Waals surface area (Å²) < 4.78 is 65.5. The topological polar surface area (TPSA) is 89.3 Å². The van der Waals surface area contributed by atoms with Gasteiger partial charge in [0.05, 0.1) is 4.90 Å². The molecule has 3 rings (SSSR count). The van der Waals surface area contributed by atoms with Crippen LogP contribution in [-0.4, -0.2) is 24.8 Å². The number of anilines is 1. The van der Waals surface area contributed by atoms with Crippen molar-refractivity contribution in [3.63, 3.8) is 0 Å². The van der Waals surface area contributed by atoms with Gasteiger partial charge in [0.15, 0.2) is 11.5 Å². The zero-order valence-electron chi connectivity index (χ0n) is 13.2. The molecule has 1 N–H and O–H groups in total. The summed E-state index contributed by atoms with van der Waals surface area (Å²) >= 11 is 0. The largest absolute Gasteiger partial charge is 0.501 e. The third-order valence-electron chi connectivity index (χ3n) is 3.48. The number of fused-ring (bicyclic) bond motifs is 1. The summed E-state index contributed by atoms with van der Waals surface area (Å²) in [7, 11) is -5.45. The average molecular weight is 384 g/mol. The third kappa shape index (κ3) is 3.27. The fourth-order valence-electron chi connectivity index (χ4n) is 2.24. The first-order chi connectivity index (χ1) is 12.1. The standard InChI is InChI=1S/C16H11F3N2O4S/c1-9-20-13-7-4-11(8-14(13)25-9)21-15(22)10-2-5-12(6-3-10)26(23,24)16(17,18)19/h2-8H,1H3,(H,21,22). The zero-order valence-corrected chi connectivity index (χ0v) is 14.0. The molecule has 0 radical (unpaired) electrons. The van der Waals surface area contributed by atoms with Crippen molar-refractivity contribution in [3.8, 4) is 0 Å². The first-order valence-corrected chi connectivity index (χ1v) is 8.66. The molecule has 1 amide bonds. The highest BCUT2D eigenvalue weighted by Gasteiger charge is 2.46. The number of carbonyl (C=O) groups excluding carboxylic acids is 1. The Hall–Kier alpha value is -2.88. The van der Waals surface area contributed by atoms with E-state index in [1.165, 1.54) is 0 Å². The summed E-state index contributed by atoms with van der Waals surface area (Å²) in [5.41, 5.74) is -3.93. The second-order valence-electron chi connectivity index (χ2n) is 5.34. The van der Waals surface area contributed by atoms with Crippen molar-refractivity contribution in [2.75, 3.05) is 5.32 Å². The Morgan fingerprint density at radius 1 is 1.12 bits per heavy atom. The van der Waals surface area contributed by atoms with Gasteiger partial charge in [-0.25, -0.2) is 13.4 Å². The van der Waals surface area contributed by atoms with Gasteiger partial charge in [-0.3, -0.25) is 4.79 Å². The molecule has 0 unspecified atom stereocenters. The van der Waals surface area contributed by atoms with Crippen LogP contribution in [0, 0.1) is 6.92 Å². The lowest BCUT2D eigenvalue weighted by atomic mass is 10.2. The number of amides is 1. The van der Waals surface area contributed by atoms with Crippen LogP contribution >= 0.6 is 0 Å². The van der Waals surface area contributed by atoms with Crippen LogP contribution in [-0.2, 0) is 9.84 Å². The quantitative estimate of drug-likeness (QED) is 0.744. The molecule has 0 saturated heterocycles. The molecule has 136 valence electrons. The first-order valence-electron chi connectivity index (χ1n) is 7.18. The third-order valence-corrected chi connectivity index (χ3v) is 4.99. The second-order valence-corrected chi connectivity index (χ2v) is 7.28. The Morgan fingerprint density at radius 3 is 2.38 bits per heavy atom. The van der Waals surface area contributed by atoms with E-state index < -0.39 is 26.1 Å². The van der Waals surface area contributed by atoms with Gasteiger partial charge >= 0.3 is 5.51 Å². The second kappa shape index (κ2) is 6.13. The molecule has 0 spiro atoms. The molecule has 0 aliphatic heterocycles. The molecule has 0 bridgehead atoms. The fourth-order valence-corrected chi connectivity index (χ4v) is 3.00. The Kier molecular flexibility index (Phi) is 4.23. The number of benzene rings is 2. The molecule has 1 aromatic heterocycles. The molecule has 0 fully saturated rings. The van der Waals surface area contributed by atoms with Crippen molar-refractivity contribution in [1.82, 2.24) is 4.98 Å². The summed E-state index contributed by atoms with van der Waals surface area (Å²) in [5, 5.41) is 2.55. The van der Waals surface area contributed by atoms with Gasteiger partial charge in [0.1, 0.15) is 5.52 Å². The van der Waals surface area contributed by atoms with E-state index in [4.69, 9.17) is 4.42 Å². The van der Waals surface area contributed by atoms with Gasteiger partial charge in [0, 0.05) is 24.2 Å². The molecule has 0 saturated carbocycles. The van der Waals surface area contributed by atoms with Crippen LogP contribution in [0.3, 0.4) is 0 Å². The lowest BCUT2D eigenvalue weighted by Crippen LogP contribution is -2.23. The van der Waals surface area contributed by atoms with Gasteiger partial charge in [-0.1, -0.05) is 0 Å². The van der Waals surface area contributed by atoms with Crippen molar-refractivity contribution >= 4 is 32.5 Å². The molecule has 0 aliphatic rings. The number of nitrogens with zero attached hydrogens (tertiary/aromatic N) is 1. The van der Waals surface area contributed by atoms with Crippen LogP contribution in [0.2, 0.25) is 0 Å². The maximum Gasteiger partial charge on any atom is 0.501 e. The van der Waals surface area contributed by atoms with Gasteiger partial charge in [0.25, 0.3) is 15.7 Å². The molecule has 1 heterocycles. The highest BCUT2D eigenvalue weighted by Crippen LogP contribution is 2.30. The summed E-state index contributed by atoms with van der Waals surface area (Å²) in [4.78, 5) is 15.4. The number of hydrogen-bond acceptors (Lipinski definition) is 5. The zero-order chi connectivity index (χ0) is 19.1. The normalized spacial score (nSPS) is 12.3. The van der Waals surface area contributed by atoms with E-state index in [0.717, 1.165) is 24.3 Å². The minimum atomic E-state index is -5.45. The Labute approximate surface area is 145 Å². The van der Waals surface area contributed by atoms with Crippen molar-refractivity contribution in [2.45, 2.75) is 17.3 Å². The SMILES string of the molecule is Cc1nc2ccc(NC(=O)c3ccc(S(=O)(=O)C(F)(F)F)cc3)cc2o1. The van der Waals surface area contributed by atoms with Crippen LogP contribution < -0.4 is 5.32 Å². The maximum absolute atomic E-state index is 12.5. The number of nitrogens with one attached hydrogen (secondary N) is 1. The van der Waals surface area contributed by atoms with Crippen LogP contribution in [0.1, 0.15) is 16.2 Å². The minimum Gasteiger partial charge on any atom is -0.441 e. The number of oxazole rings is 1. The number of alkyl halides is 3. The highest BCUT2D eigenvalue weighted by atomic mass is 32.2. The molecule has 26 heavy (non-hydrogen) atoms. The average Bonchev–Trinajstić information content (AvgIpc) is 2.93. The van der Waals surface area contributed by atoms with Gasteiger partial charge in [0.2, 0.25) is 0 Å². The molecule has 0 atom stereocenters. The van der Waals surface area contributed by atoms with Gasteiger partial charge in [-0.05, 0) is 36.4 Å². The monoisotopic (exact) mass is 384 g/mol. The van der Waals surface area contributed by atoms with E-state index in [2.05, 4.69) is 10.3 Å². The summed E-state index contributed by atoms with van der Waals surface area (Å²) in [6, 6.07) is 8.26. The molecule has 3 aromatic rings. The molecular weight excluding hydrogens is 373 g/mol. The van der Waals surface area contributed by atoms with Crippen molar-refractivity contribution in [2.24, 2.45) is 0 Å². The number of carbonyl (C=O) groups is 1. The maximum atomic E-state index is 12.5. The molecular formula is C16H11F3N2O4S. The molecule has 2 aromatic carbocycles. The van der Waals surface area contributed by atoms with Crippen LogP contribution in [0.4, 0.5) is 18.9 Å². The van der Waals surface area contributed by atoms with Gasteiger partial charge < -0.3 is 9.73 Å². The fraction of sp³-hybridized carbons (Fsp3) is 0.125. The Bertz CT molecular complexity index is 1090. The summed E-state index contributed by atoms with van der Waals surface area (Å²) in [6.45, 7) is 1.68. The van der Waals surface area contributed by atoms with Crippen LogP contribution in [0.15, 0.2) is 51.8 Å². The molecule has 0 aliphatic carbocycles. The summed E-state index contributed by atoms with van der Waals surface area (Å²) in [5.74, 6) is -0.151. The Balaban J connectivity index is 1.81. The predicted octanol–water partition coefficient (Wildman–Crippen LogP) is 3.68. The van der Waals surface area contributed by atoms with E-state index in [0.29, 0.717) is 22.7 Å². The highest BCUT2D eigenvalue weighted by molar-refractivity contribution is 7.92. The molecule has 10 heteroatoms. The van der Waals surface area contributed by atoms with E-state index in [9.17, 15) is 26.4 Å². The lowest BCUT2D eigenvalue weighted by Gasteiger charge is -2.09. The number of rotatable bonds is 3. The number of aromatic nitrogens is 1. The Morgan fingerprint density at radius 2 is 1.77 bits per heavy atom. The first kappa shape index (κ1) is 17.9. The van der Waals surface area contributed by atoms with E-state index >= 15 is 0 Å². The number of sulfone groups is 1. The van der Waals surface area contributed by atoms with Gasteiger partial charge in [-0.15, -0.1) is 0 Å². The smallest absolute Gasteiger partial charge is 0.441 e. The van der Waals surface area contributed by atoms with Crippen LogP contribution in [0.25, 0.3) is 11.1 Å². The molecule has 6 nitrogen and oxygen atoms in total. The van der Waals surface area contributed by atoms with E-state index in [1.807, 2.05) is 0 Å². The lowest BCUT2D eigenvalue weighted by molar-refractivity contribution is -0.0436. The van der Waals surface area contributed by atoms with E-state index in [1.54, 1.807) is 25.1 Å². The van der Waals surface area contributed by atoms with E-state index in [-0.39, 0.29) is 5.56 Å². The summed E-state index contributed by atoms with van der Waals surface area (Å²) in [6.07, 6.45) is 0. The van der Waals surface area contributed by atoms with Gasteiger partial charge in [-0.2, -0.15) is 13.2 Å². The van der Waals surface area contributed by atoms with Crippen molar-refractivity contribution < 1.29 is 30.8 Å². The number of halogens is 3. The van der Waals surface area contributed by atoms with Crippen molar-refractivity contribution in [1.29, 1.82) is 0 Å². The van der Waals surface area contributed by atoms with Crippen LogP contribution in [0.5, 0.6) is 0 Å². The predicted molar refractivity (Wildman–Crippen MR) is 86.4 cm³/mol.